The molecule has 0 spiro atoms. The van der Waals surface area contributed by atoms with Gasteiger partial charge in [0.2, 0.25) is 6.41 Å². The number of benzene rings is 1. The van der Waals surface area contributed by atoms with Crippen LogP contribution >= 0.6 is 0 Å². The third-order valence-electron chi connectivity index (χ3n) is 4.23. The number of carbonyl (C=O) groups excluding carboxylic acids is 2. The normalized spacial score (nSPS) is 14.3. The van der Waals surface area contributed by atoms with Crippen LogP contribution in [0.3, 0.4) is 0 Å². The van der Waals surface area contributed by atoms with E-state index < -0.39 is 0 Å². The van der Waals surface area contributed by atoms with Gasteiger partial charge in [0, 0.05) is 32.7 Å². The summed E-state index contributed by atoms with van der Waals surface area (Å²) < 4.78 is 0. The molecule has 0 aliphatic carbocycles. The number of anilines is 1. The van der Waals surface area contributed by atoms with Crippen LogP contribution in [0.15, 0.2) is 36.4 Å². The summed E-state index contributed by atoms with van der Waals surface area (Å²) in [4.78, 5) is 26.5. The fourth-order valence-corrected chi connectivity index (χ4v) is 2.63. The van der Waals surface area contributed by atoms with Gasteiger partial charge in [-0.1, -0.05) is 29.8 Å². The molecule has 1 aromatic carbocycles. The van der Waals surface area contributed by atoms with Gasteiger partial charge in [0.25, 0.3) is 5.91 Å². The van der Waals surface area contributed by atoms with Crippen LogP contribution in [0.5, 0.6) is 0 Å². The summed E-state index contributed by atoms with van der Waals surface area (Å²) >= 11 is 0. The zero-order valence-corrected chi connectivity index (χ0v) is 14.2. The molecule has 2 amide bonds. The van der Waals surface area contributed by atoms with Crippen molar-refractivity contribution in [1.82, 2.24) is 20.0 Å². The van der Waals surface area contributed by atoms with E-state index in [-0.39, 0.29) is 5.91 Å². The van der Waals surface area contributed by atoms with E-state index in [0.29, 0.717) is 44.2 Å². The summed E-state index contributed by atoms with van der Waals surface area (Å²) in [5.74, 6) is 0.478. The minimum atomic E-state index is -0.150. The van der Waals surface area contributed by atoms with Crippen LogP contribution in [-0.2, 0) is 11.3 Å². The Labute approximate surface area is 146 Å². The quantitative estimate of drug-likeness (QED) is 0.831. The zero-order valence-electron chi connectivity index (χ0n) is 14.2. The van der Waals surface area contributed by atoms with Gasteiger partial charge in [0.1, 0.15) is 5.82 Å². The summed E-state index contributed by atoms with van der Waals surface area (Å²) in [6.45, 7) is 4.85. The van der Waals surface area contributed by atoms with E-state index in [1.807, 2.05) is 0 Å². The van der Waals surface area contributed by atoms with E-state index in [1.165, 1.54) is 5.56 Å². The molecule has 1 saturated heterocycles. The van der Waals surface area contributed by atoms with Gasteiger partial charge >= 0.3 is 0 Å². The lowest BCUT2D eigenvalue weighted by molar-refractivity contribution is -0.119. The van der Waals surface area contributed by atoms with Crippen molar-refractivity contribution < 1.29 is 9.59 Å². The number of nitrogens with zero attached hydrogens (tertiary/aromatic N) is 4. The van der Waals surface area contributed by atoms with Gasteiger partial charge in [-0.2, -0.15) is 0 Å². The van der Waals surface area contributed by atoms with Crippen LogP contribution in [-0.4, -0.2) is 58.5 Å². The third-order valence-corrected chi connectivity index (χ3v) is 4.23. The number of aryl methyl sites for hydroxylation is 1. The number of hydrogen-bond acceptors (Lipinski definition) is 5. The van der Waals surface area contributed by atoms with E-state index in [1.54, 1.807) is 21.9 Å². The second-order valence-corrected chi connectivity index (χ2v) is 6.08. The summed E-state index contributed by atoms with van der Waals surface area (Å²) in [5.41, 5.74) is 2.70. The molecule has 0 bridgehead atoms. The summed E-state index contributed by atoms with van der Waals surface area (Å²) in [7, 11) is 0. The molecule has 7 heteroatoms. The maximum atomic E-state index is 12.4. The number of nitrogens with one attached hydrogen (secondary N) is 1. The maximum absolute atomic E-state index is 12.4. The number of amides is 2. The molecular formula is C18H21N5O2. The van der Waals surface area contributed by atoms with Gasteiger partial charge in [-0.25, -0.2) is 0 Å². The van der Waals surface area contributed by atoms with Crippen molar-refractivity contribution in [1.29, 1.82) is 0 Å². The third kappa shape index (κ3) is 4.32. The molecule has 0 unspecified atom stereocenters. The minimum Gasteiger partial charge on any atom is -0.365 e. The number of piperazine rings is 1. The Morgan fingerprint density at radius 2 is 1.80 bits per heavy atom. The van der Waals surface area contributed by atoms with E-state index in [2.05, 4.69) is 46.7 Å². The van der Waals surface area contributed by atoms with Gasteiger partial charge in [0.05, 0.1) is 0 Å². The Bertz CT molecular complexity index is 722. The number of hydrogen-bond donors (Lipinski definition) is 1. The highest BCUT2D eigenvalue weighted by Gasteiger charge is 2.22. The summed E-state index contributed by atoms with van der Waals surface area (Å²) in [5, 5.41) is 11.3. The van der Waals surface area contributed by atoms with Crippen LogP contribution < -0.4 is 5.32 Å². The second kappa shape index (κ2) is 7.74. The molecule has 0 atom stereocenters. The Hall–Kier alpha value is -2.96. The molecule has 1 aliphatic rings. The summed E-state index contributed by atoms with van der Waals surface area (Å²) in [6, 6.07) is 11.7. The van der Waals surface area contributed by atoms with Gasteiger partial charge in [-0.15, -0.1) is 10.2 Å². The predicted molar refractivity (Wildman–Crippen MR) is 94.1 cm³/mol. The number of rotatable bonds is 5. The molecule has 25 heavy (non-hydrogen) atoms. The van der Waals surface area contributed by atoms with E-state index in [9.17, 15) is 9.59 Å². The first-order chi connectivity index (χ1) is 12.2. The largest absolute Gasteiger partial charge is 0.365 e. The second-order valence-electron chi connectivity index (χ2n) is 6.08. The molecule has 1 N–H and O–H groups in total. The molecule has 1 aromatic heterocycles. The lowest BCUT2D eigenvalue weighted by Gasteiger charge is -2.32. The molecule has 2 aromatic rings. The molecule has 2 heterocycles. The Morgan fingerprint density at radius 3 is 2.40 bits per heavy atom. The number of aromatic nitrogens is 2. The maximum Gasteiger partial charge on any atom is 0.274 e. The lowest BCUT2D eigenvalue weighted by Crippen LogP contribution is -2.48. The zero-order chi connectivity index (χ0) is 17.6. The standard InChI is InChI=1S/C18H21N5O2/c1-14-2-4-15(5-3-14)12-19-17-7-6-16(20-21-17)18(25)23-10-8-22(13-24)9-11-23/h2-7,13H,8-12H2,1H3,(H,19,21). The van der Waals surface area contributed by atoms with Crippen molar-refractivity contribution in [3.63, 3.8) is 0 Å². The van der Waals surface area contributed by atoms with Gasteiger partial charge in [0.15, 0.2) is 5.69 Å². The average molecular weight is 339 g/mol. The van der Waals surface area contributed by atoms with Crippen LogP contribution in [0.4, 0.5) is 5.82 Å². The van der Waals surface area contributed by atoms with Crippen LogP contribution in [0.2, 0.25) is 0 Å². The molecule has 3 rings (SSSR count). The van der Waals surface area contributed by atoms with Crippen LogP contribution in [0.1, 0.15) is 21.6 Å². The highest BCUT2D eigenvalue weighted by molar-refractivity contribution is 5.92. The topological polar surface area (TPSA) is 78.4 Å². The fraction of sp³-hybridized carbons (Fsp3) is 0.333. The summed E-state index contributed by atoms with van der Waals surface area (Å²) in [6.07, 6.45) is 0.816. The average Bonchev–Trinajstić information content (AvgIpc) is 2.67. The molecular weight excluding hydrogens is 318 g/mol. The van der Waals surface area contributed by atoms with E-state index in [0.717, 1.165) is 12.0 Å². The van der Waals surface area contributed by atoms with Crippen molar-refractivity contribution in [3.05, 3.63) is 53.2 Å². The Morgan fingerprint density at radius 1 is 1.08 bits per heavy atom. The Balaban J connectivity index is 1.55. The van der Waals surface area contributed by atoms with Gasteiger partial charge in [-0.3, -0.25) is 9.59 Å². The minimum absolute atomic E-state index is 0.150. The highest BCUT2D eigenvalue weighted by atomic mass is 16.2. The molecule has 1 aliphatic heterocycles. The SMILES string of the molecule is Cc1ccc(CNc2ccc(C(=O)N3CCN(C=O)CC3)nn2)cc1. The van der Waals surface area contributed by atoms with Gasteiger partial charge < -0.3 is 15.1 Å². The van der Waals surface area contributed by atoms with Gasteiger partial charge in [-0.05, 0) is 24.6 Å². The Kier molecular flexibility index (Phi) is 5.23. The molecule has 1 fully saturated rings. The molecule has 7 nitrogen and oxygen atoms in total. The van der Waals surface area contributed by atoms with Crippen LogP contribution in [0, 0.1) is 6.92 Å². The highest BCUT2D eigenvalue weighted by Crippen LogP contribution is 2.10. The fourth-order valence-electron chi connectivity index (χ4n) is 2.63. The predicted octanol–water partition coefficient (Wildman–Crippen LogP) is 1.31. The first-order valence-corrected chi connectivity index (χ1v) is 8.27. The van der Waals surface area contributed by atoms with Crippen molar-refractivity contribution in [2.75, 3.05) is 31.5 Å². The molecule has 0 saturated carbocycles. The first-order valence-electron chi connectivity index (χ1n) is 8.27. The van der Waals surface area contributed by atoms with Crippen molar-refractivity contribution >= 4 is 18.1 Å². The number of carbonyl (C=O) groups is 2. The molecule has 130 valence electrons. The van der Waals surface area contributed by atoms with Crippen molar-refractivity contribution in [3.8, 4) is 0 Å². The smallest absolute Gasteiger partial charge is 0.274 e. The van der Waals surface area contributed by atoms with Crippen LogP contribution in [0.25, 0.3) is 0 Å². The lowest BCUT2D eigenvalue weighted by atomic mass is 10.1. The van der Waals surface area contributed by atoms with E-state index >= 15 is 0 Å². The van der Waals surface area contributed by atoms with Crippen molar-refractivity contribution in [2.45, 2.75) is 13.5 Å². The monoisotopic (exact) mass is 339 g/mol. The first kappa shape index (κ1) is 16.9. The van der Waals surface area contributed by atoms with Crippen molar-refractivity contribution in [2.24, 2.45) is 0 Å². The van der Waals surface area contributed by atoms with E-state index in [4.69, 9.17) is 0 Å². The molecule has 0 radical (unpaired) electrons.